The smallest absolute Gasteiger partial charge is 0.162 e. The van der Waals surface area contributed by atoms with Gasteiger partial charge in [0.1, 0.15) is 5.82 Å². The van der Waals surface area contributed by atoms with Gasteiger partial charge >= 0.3 is 0 Å². The summed E-state index contributed by atoms with van der Waals surface area (Å²) in [6.07, 6.45) is 1.66. The molecule has 3 nitrogen and oxygen atoms in total. The molecule has 1 aromatic rings. The molecule has 0 unspecified atom stereocenters. The van der Waals surface area contributed by atoms with Crippen LogP contribution in [0.15, 0.2) is 10.5 Å². The molecule has 0 saturated carbocycles. The van der Waals surface area contributed by atoms with E-state index in [1.165, 1.54) is 0 Å². The molecule has 0 spiro atoms. The van der Waals surface area contributed by atoms with Crippen LogP contribution in [-0.2, 0) is 0 Å². The van der Waals surface area contributed by atoms with Crippen molar-refractivity contribution >= 4 is 15.9 Å². The average Bonchev–Trinajstić information content (AvgIpc) is 2.28. The fourth-order valence-electron chi connectivity index (χ4n) is 2.11. The molecular weight excluding hydrogens is 277 g/mol. The standard InChI is InChI=1S/C11H13BrFNO2/c12-10-7(13)5-8(15)11(16)9(10)6-1-3-14-4-2-6/h5-6,14-16H,1-4H2. The van der Waals surface area contributed by atoms with Gasteiger partial charge in [0.05, 0.1) is 4.47 Å². The predicted molar refractivity (Wildman–Crippen MR) is 62.3 cm³/mol. The minimum Gasteiger partial charge on any atom is -0.504 e. The van der Waals surface area contributed by atoms with Crippen molar-refractivity contribution in [2.24, 2.45) is 0 Å². The molecule has 1 saturated heterocycles. The molecule has 0 aliphatic carbocycles. The summed E-state index contributed by atoms with van der Waals surface area (Å²) >= 11 is 3.13. The quantitative estimate of drug-likeness (QED) is 0.696. The van der Waals surface area contributed by atoms with E-state index in [0.717, 1.165) is 32.0 Å². The molecule has 1 heterocycles. The van der Waals surface area contributed by atoms with Gasteiger partial charge in [-0.3, -0.25) is 0 Å². The van der Waals surface area contributed by atoms with Crippen LogP contribution in [0.2, 0.25) is 0 Å². The highest BCUT2D eigenvalue weighted by atomic mass is 79.9. The minimum atomic E-state index is -0.538. The highest BCUT2D eigenvalue weighted by Crippen LogP contribution is 2.43. The van der Waals surface area contributed by atoms with Crippen molar-refractivity contribution in [2.45, 2.75) is 18.8 Å². The van der Waals surface area contributed by atoms with Crippen LogP contribution in [0.1, 0.15) is 24.3 Å². The Morgan fingerprint density at radius 2 is 1.94 bits per heavy atom. The maximum atomic E-state index is 13.4. The number of phenolic OH excluding ortho intramolecular Hbond substituents is 2. The first kappa shape index (κ1) is 11.7. The van der Waals surface area contributed by atoms with Crippen LogP contribution >= 0.6 is 15.9 Å². The van der Waals surface area contributed by atoms with E-state index in [2.05, 4.69) is 21.2 Å². The van der Waals surface area contributed by atoms with E-state index >= 15 is 0 Å². The molecule has 16 heavy (non-hydrogen) atoms. The van der Waals surface area contributed by atoms with Crippen LogP contribution < -0.4 is 5.32 Å². The van der Waals surface area contributed by atoms with Gasteiger partial charge in [0.15, 0.2) is 11.5 Å². The number of hydrogen-bond acceptors (Lipinski definition) is 3. The monoisotopic (exact) mass is 289 g/mol. The Balaban J connectivity index is 2.45. The lowest BCUT2D eigenvalue weighted by molar-refractivity contribution is 0.379. The molecule has 0 amide bonds. The van der Waals surface area contributed by atoms with Crippen molar-refractivity contribution in [2.75, 3.05) is 13.1 Å². The number of benzene rings is 1. The maximum Gasteiger partial charge on any atom is 0.162 e. The molecule has 1 fully saturated rings. The van der Waals surface area contributed by atoms with Gasteiger partial charge in [-0.2, -0.15) is 0 Å². The molecule has 2 rings (SSSR count). The van der Waals surface area contributed by atoms with Gasteiger partial charge in [0.25, 0.3) is 0 Å². The lowest BCUT2D eigenvalue weighted by Crippen LogP contribution is -2.26. The summed E-state index contributed by atoms with van der Waals surface area (Å²) in [4.78, 5) is 0. The Morgan fingerprint density at radius 1 is 1.31 bits per heavy atom. The van der Waals surface area contributed by atoms with Gasteiger partial charge in [-0.15, -0.1) is 0 Å². The number of aromatic hydroxyl groups is 2. The normalized spacial score (nSPS) is 17.6. The van der Waals surface area contributed by atoms with E-state index in [1.54, 1.807) is 0 Å². The molecule has 0 bridgehead atoms. The van der Waals surface area contributed by atoms with Crippen molar-refractivity contribution in [1.29, 1.82) is 0 Å². The number of halogens is 2. The van der Waals surface area contributed by atoms with Crippen LogP contribution in [0.5, 0.6) is 11.5 Å². The molecule has 5 heteroatoms. The van der Waals surface area contributed by atoms with Crippen LogP contribution in [0.25, 0.3) is 0 Å². The molecule has 1 aromatic carbocycles. The highest BCUT2D eigenvalue weighted by molar-refractivity contribution is 9.10. The van der Waals surface area contributed by atoms with Gasteiger partial charge < -0.3 is 15.5 Å². The largest absolute Gasteiger partial charge is 0.504 e. The Labute approximate surface area is 101 Å². The first-order valence-electron chi connectivity index (χ1n) is 5.21. The molecule has 0 radical (unpaired) electrons. The molecule has 88 valence electrons. The number of hydrogen-bond donors (Lipinski definition) is 3. The first-order chi connectivity index (χ1) is 7.61. The zero-order chi connectivity index (χ0) is 11.7. The van der Waals surface area contributed by atoms with Crippen molar-refractivity contribution in [3.05, 3.63) is 21.9 Å². The summed E-state index contributed by atoms with van der Waals surface area (Å²) in [5, 5.41) is 22.4. The number of nitrogens with one attached hydrogen (secondary N) is 1. The average molecular weight is 290 g/mol. The van der Waals surface area contributed by atoms with Crippen molar-refractivity contribution in [3.63, 3.8) is 0 Å². The van der Waals surface area contributed by atoms with Gasteiger partial charge in [0, 0.05) is 11.6 Å². The van der Waals surface area contributed by atoms with E-state index in [1.807, 2.05) is 0 Å². The van der Waals surface area contributed by atoms with E-state index in [-0.39, 0.29) is 16.1 Å². The maximum absolute atomic E-state index is 13.4. The van der Waals surface area contributed by atoms with E-state index in [0.29, 0.717) is 5.56 Å². The van der Waals surface area contributed by atoms with Crippen LogP contribution in [-0.4, -0.2) is 23.3 Å². The van der Waals surface area contributed by atoms with Crippen molar-refractivity contribution < 1.29 is 14.6 Å². The number of rotatable bonds is 1. The SMILES string of the molecule is Oc1cc(F)c(Br)c(C2CCNCC2)c1O. The lowest BCUT2D eigenvalue weighted by atomic mass is 9.89. The zero-order valence-electron chi connectivity index (χ0n) is 8.63. The molecule has 1 aliphatic heterocycles. The second-order valence-electron chi connectivity index (χ2n) is 3.98. The minimum absolute atomic E-state index is 0.0808. The van der Waals surface area contributed by atoms with Crippen LogP contribution in [0.4, 0.5) is 4.39 Å². The molecule has 1 aliphatic rings. The lowest BCUT2D eigenvalue weighted by Gasteiger charge is -2.25. The third-order valence-electron chi connectivity index (χ3n) is 2.95. The van der Waals surface area contributed by atoms with Gasteiger partial charge in [-0.05, 0) is 47.8 Å². The number of piperidine rings is 1. The Morgan fingerprint density at radius 3 is 2.56 bits per heavy atom. The Hall–Kier alpha value is -0.810. The number of phenols is 2. The van der Waals surface area contributed by atoms with Gasteiger partial charge in [0.2, 0.25) is 0 Å². The second-order valence-corrected chi connectivity index (χ2v) is 4.77. The summed E-state index contributed by atoms with van der Waals surface area (Å²) in [5.74, 6) is -1.06. The molecule has 0 atom stereocenters. The summed E-state index contributed by atoms with van der Waals surface area (Å²) in [7, 11) is 0. The molecule has 0 aromatic heterocycles. The van der Waals surface area contributed by atoms with Crippen molar-refractivity contribution in [1.82, 2.24) is 5.32 Å². The van der Waals surface area contributed by atoms with Gasteiger partial charge in [-0.1, -0.05) is 0 Å². The summed E-state index contributed by atoms with van der Waals surface area (Å²) in [6, 6.07) is 0.921. The predicted octanol–water partition coefficient (Wildman–Crippen LogP) is 2.47. The summed E-state index contributed by atoms with van der Waals surface area (Å²) < 4.78 is 13.7. The molecular formula is C11H13BrFNO2. The summed E-state index contributed by atoms with van der Waals surface area (Å²) in [6.45, 7) is 1.68. The Bertz CT molecular complexity index is 379. The van der Waals surface area contributed by atoms with Crippen molar-refractivity contribution in [3.8, 4) is 11.5 Å². The van der Waals surface area contributed by atoms with Crippen LogP contribution in [0.3, 0.4) is 0 Å². The fourth-order valence-corrected chi connectivity index (χ4v) is 2.73. The third-order valence-corrected chi connectivity index (χ3v) is 3.76. The topological polar surface area (TPSA) is 52.5 Å². The zero-order valence-corrected chi connectivity index (χ0v) is 10.2. The first-order valence-corrected chi connectivity index (χ1v) is 6.01. The Kier molecular flexibility index (Phi) is 3.35. The van der Waals surface area contributed by atoms with Gasteiger partial charge in [-0.25, -0.2) is 4.39 Å². The van der Waals surface area contributed by atoms with E-state index in [9.17, 15) is 14.6 Å². The molecule has 3 N–H and O–H groups in total. The second kappa shape index (κ2) is 4.59. The van der Waals surface area contributed by atoms with E-state index < -0.39 is 11.6 Å². The van der Waals surface area contributed by atoms with Crippen LogP contribution in [0, 0.1) is 5.82 Å². The highest BCUT2D eigenvalue weighted by Gasteiger charge is 2.25. The summed E-state index contributed by atoms with van der Waals surface area (Å²) in [5.41, 5.74) is 0.485. The van der Waals surface area contributed by atoms with E-state index in [4.69, 9.17) is 0 Å². The fraction of sp³-hybridized carbons (Fsp3) is 0.455. The third kappa shape index (κ3) is 2.01.